The van der Waals surface area contributed by atoms with Gasteiger partial charge in [0.25, 0.3) is 0 Å². The highest BCUT2D eigenvalue weighted by atomic mass is 15.3. The lowest BCUT2D eigenvalue weighted by Crippen LogP contribution is -2.50. The van der Waals surface area contributed by atoms with Crippen LogP contribution < -0.4 is 5.73 Å². The molecule has 0 aromatic carbocycles. The molecule has 1 aliphatic heterocycles. The summed E-state index contributed by atoms with van der Waals surface area (Å²) in [4.78, 5) is 5.25. The van der Waals surface area contributed by atoms with Crippen molar-refractivity contribution in [3.63, 3.8) is 0 Å². The van der Waals surface area contributed by atoms with Gasteiger partial charge in [0, 0.05) is 32.2 Å². The van der Waals surface area contributed by atoms with Crippen LogP contribution in [0.25, 0.3) is 0 Å². The number of hydrogen-bond acceptors (Lipinski definition) is 3. The van der Waals surface area contributed by atoms with Gasteiger partial charge in [-0.2, -0.15) is 0 Å². The van der Waals surface area contributed by atoms with Gasteiger partial charge in [-0.25, -0.2) is 0 Å². The van der Waals surface area contributed by atoms with Crippen molar-refractivity contribution < 1.29 is 0 Å². The predicted octanol–water partition coefficient (Wildman–Crippen LogP) is 1.78. The van der Waals surface area contributed by atoms with E-state index < -0.39 is 0 Å². The third-order valence-electron chi connectivity index (χ3n) is 3.92. The first kappa shape index (κ1) is 14.9. The Morgan fingerprint density at radius 1 is 1.06 bits per heavy atom. The van der Waals surface area contributed by atoms with Crippen LogP contribution >= 0.6 is 0 Å². The predicted molar refractivity (Wildman–Crippen MR) is 75.2 cm³/mol. The summed E-state index contributed by atoms with van der Waals surface area (Å²) in [5.41, 5.74) is 5.68. The summed E-state index contributed by atoms with van der Waals surface area (Å²) >= 11 is 0. The van der Waals surface area contributed by atoms with Crippen molar-refractivity contribution in [2.45, 2.75) is 46.1 Å². The van der Waals surface area contributed by atoms with Crippen LogP contribution in [-0.2, 0) is 0 Å². The maximum atomic E-state index is 5.68. The first-order valence-corrected chi connectivity index (χ1v) is 7.33. The second kappa shape index (κ2) is 8.06. The Morgan fingerprint density at radius 2 is 1.71 bits per heavy atom. The van der Waals surface area contributed by atoms with Gasteiger partial charge in [-0.3, -0.25) is 4.90 Å². The molecule has 0 aliphatic carbocycles. The van der Waals surface area contributed by atoms with Gasteiger partial charge in [0.1, 0.15) is 0 Å². The molecule has 1 saturated heterocycles. The summed E-state index contributed by atoms with van der Waals surface area (Å²) in [6.07, 6.45) is 3.73. The van der Waals surface area contributed by atoms with E-state index in [2.05, 4.69) is 30.6 Å². The third-order valence-corrected chi connectivity index (χ3v) is 3.92. The molecule has 3 nitrogen and oxygen atoms in total. The SMILES string of the molecule is CCC(CCN)N1CCN(CCC(C)C)CC1. The maximum Gasteiger partial charge on any atom is 0.0113 e. The number of nitrogens with zero attached hydrogens (tertiary/aromatic N) is 2. The van der Waals surface area contributed by atoms with Gasteiger partial charge in [-0.05, 0) is 38.3 Å². The maximum absolute atomic E-state index is 5.68. The Labute approximate surface area is 107 Å². The molecular formula is C14H31N3. The summed E-state index contributed by atoms with van der Waals surface area (Å²) in [6.45, 7) is 14.0. The quantitative estimate of drug-likeness (QED) is 0.737. The largest absolute Gasteiger partial charge is 0.330 e. The van der Waals surface area contributed by atoms with Gasteiger partial charge in [-0.1, -0.05) is 20.8 Å². The van der Waals surface area contributed by atoms with Crippen LogP contribution in [0.5, 0.6) is 0 Å². The lowest BCUT2D eigenvalue weighted by molar-refractivity contribution is 0.0884. The zero-order valence-corrected chi connectivity index (χ0v) is 12.0. The molecule has 0 bridgehead atoms. The normalized spacial score (nSPS) is 21.0. The van der Waals surface area contributed by atoms with E-state index in [0.29, 0.717) is 6.04 Å². The third kappa shape index (κ3) is 5.36. The summed E-state index contributed by atoms with van der Waals surface area (Å²) < 4.78 is 0. The van der Waals surface area contributed by atoms with E-state index in [1.54, 1.807) is 0 Å². The van der Waals surface area contributed by atoms with Gasteiger partial charge < -0.3 is 10.6 Å². The molecule has 1 atom stereocenters. The molecule has 17 heavy (non-hydrogen) atoms. The van der Waals surface area contributed by atoms with Crippen LogP contribution in [0.2, 0.25) is 0 Å². The molecule has 0 saturated carbocycles. The van der Waals surface area contributed by atoms with Gasteiger partial charge in [0.05, 0.1) is 0 Å². The molecule has 2 N–H and O–H groups in total. The van der Waals surface area contributed by atoms with Crippen LogP contribution in [0.3, 0.4) is 0 Å². The summed E-state index contributed by atoms with van der Waals surface area (Å²) in [5, 5.41) is 0. The lowest BCUT2D eigenvalue weighted by atomic mass is 10.1. The second-order valence-electron chi connectivity index (χ2n) is 5.70. The topological polar surface area (TPSA) is 32.5 Å². The average molecular weight is 241 g/mol. The number of hydrogen-bond donors (Lipinski definition) is 1. The highest BCUT2D eigenvalue weighted by molar-refractivity contribution is 4.78. The molecule has 0 radical (unpaired) electrons. The molecule has 0 spiro atoms. The first-order valence-electron chi connectivity index (χ1n) is 7.33. The molecule has 1 rings (SSSR count). The lowest BCUT2D eigenvalue weighted by Gasteiger charge is -2.39. The summed E-state index contributed by atoms with van der Waals surface area (Å²) in [6, 6.07) is 0.715. The van der Waals surface area contributed by atoms with E-state index in [-0.39, 0.29) is 0 Å². The van der Waals surface area contributed by atoms with E-state index in [4.69, 9.17) is 5.73 Å². The smallest absolute Gasteiger partial charge is 0.0113 e. The first-order chi connectivity index (χ1) is 8.17. The second-order valence-corrected chi connectivity index (χ2v) is 5.70. The zero-order valence-electron chi connectivity index (χ0n) is 12.0. The Hall–Kier alpha value is -0.120. The van der Waals surface area contributed by atoms with Gasteiger partial charge in [0.15, 0.2) is 0 Å². The van der Waals surface area contributed by atoms with Crippen LogP contribution in [0, 0.1) is 5.92 Å². The van der Waals surface area contributed by atoms with Crippen molar-refractivity contribution in [1.82, 2.24) is 9.80 Å². The van der Waals surface area contributed by atoms with Crippen molar-refractivity contribution in [3.05, 3.63) is 0 Å². The van der Waals surface area contributed by atoms with E-state index in [0.717, 1.165) is 18.9 Å². The number of piperazine rings is 1. The highest BCUT2D eigenvalue weighted by Gasteiger charge is 2.21. The molecule has 1 unspecified atom stereocenters. The van der Waals surface area contributed by atoms with Crippen molar-refractivity contribution in [2.24, 2.45) is 11.7 Å². The minimum absolute atomic E-state index is 0.715. The molecule has 0 aromatic rings. The van der Waals surface area contributed by atoms with Gasteiger partial charge >= 0.3 is 0 Å². The van der Waals surface area contributed by atoms with Crippen LogP contribution in [-0.4, -0.2) is 55.1 Å². The van der Waals surface area contributed by atoms with Crippen LogP contribution in [0.15, 0.2) is 0 Å². The molecule has 0 aromatic heterocycles. The van der Waals surface area contributed by atoms with E-state index in [1.807, 2.05) is 0 Å². The molecule has 0 amide bonds. The highest BCUT2D eigenvalue weighted by Crippen LogP contribution is 2.13. The molecule has 1 fully saturated rings. The van der Waals surface area contributed by atoms with E-state index in [9.17, 15) is 0 Å². The fourth-order valence-corrected chi connectivity index (χ4v) is 2.63. The van der Waals surface area contributed by atoms with Crippen molar-refractivity contribution in [2.75, 3.05) is 39.3 Å². The fourth-order valence-electron chi connectivity index (χ4n) is 2.63. The fraction of sp³-hybridized carbons (Fsp3) is 1.00. The van der Waals surface area contributed by atoms with E-state index in [1.165, 1.54) is 45.6 Å². The number of rotatable bonds is 7. The Bertz CT molecular complexity index is 186. The molecular weight excluding hydrogens is 210 g/mol. The zero-order chi connectivity index (χ0) is 12.7. The van der Waals surface area contributed by atoms with Crippen LogP contribution in [0.1, 0.15) is 40.0 Å². The molecule has 102 valence electrons. The Balaban J connectivity index is 2.24. The van der Waals surface area contributed by atoms with Crippen molar-refractivity contribution in [3.8, 4) is 0 Å². The minimum Gasteiger partial charge on any atom is -0.330 e. The summed E-state index contributed by atoms with van der Waals surface area (Å²) in [5.74, 6) is 0.827. The molecule has 1 heterocycles. The Morgan fingerprint density at radius 3 is 2.18 bits per heavy atom. The van der Waals surface area contributed by atoms with Gasteiger partial charge in [-0.15, -0.1) is 0 Å². The molecule has 1 aliphatic rings. The number of nitrogens with two attached hydrogens (primary N) is 1. The monoisotopic (exact) mass is 241 g/mol. The van der Waals surface area contributed by atoms with Crippen molar-refractivity contribution in [1.29, 1.82) is 0 Å². The summed E-state index contributed by atoms with van der Waals surface area (Å²) in [7, 11) is 0. The van der Waals surface area contributed by atoms with E-state index >= 15 is 0 Å². The minimum atomic E-state index is 0.715. The van der Waals surface area contributed by atoms with Gasteiger partial charge in [0.2, 0.25) is 0 Å². The van der Waals surface area contributed by atoms with Crippen molar-refractivity contribution >= 4 is 0 Å². The average Bonchev–Trinajstić information content (AvgIpc) is 2.34. The molecule has 3 heteroatoms. The standard InChI is InChI=1S/C14H31N3/c1-4-14(5-7-15)17-11-9-16(10-12-17)8-6-13(2)3/h13-14H,4-12,15H2,1-3H3. The van der Waals surface area contributed by atoms with Crippen LogP contribution in [0.4, 0.5) is 0 Å². The Kier molecular flexibility index (Phi) is 7.09.